The zero-order valence-electron chi connectivity index (χ0n) is 5.53. The van der Waals surface area contributed by atoms with Crippen LogP contribution in [0.3, 0.4) is 0 Å². The molecule has 0 saturated carbocycles. The van der Waals surface area contributed by atoms with Gasteiger partial charge in [0.2, 0.25) is 0 Å². The van der Waals surface area contributed by atoms with Crippen molar-refractivity contribution in [3.05, 3.63) is 0 Å². The van der Waals surface area contributed by atoms with Gasteiger partial charge in [0.1, 0.15) is 7.28 Å². The van der Waals surface area contributed by atoms with Gasteiger partial charge in [0, 0.05) is 0 Å². The molecule has 0 N–H and O–H groups in total. The lowest BCUT2D eigenvalue weighted by Gasteiger charge is -2.04. The van der Waals surface area contributed by atoms with E-state index < -0.39 is 0 Å². The third kappa shape index (κ3) is 2.39. The van der Waals surface area contributed by atoms with Crippen LogP contribution in [0.4, 0.5) is 0 Å². The predicted octanol–water partition coefficient (Wildman–Crippen LogP) is 2.49. The molecule has 8 heavy (non-hydrogen) atoms. The van der Waals surface area contributed by atoms with Crippen LogP contribution in [0, 0.1) is 0 Å². The Morgan fingerprint density at radius 3 is 1.75 bits per heavy atom. The summed E-state index contributed by atoms with van der Waals surface area (Å²) in [6.07, 6.45) is 10.1. The second-order valence-corrected chi connectivity index (χ2v) is 2.63. The van der Waals surface area contributed by atoms with E-state index in [0.717, 1.165) is 0 Å². The van der Waals surface area contributed by atoms with Gasteiger partial charge in [0.25, 0.3) is 0 Å². The summed E-state index contributed by atoms with van der Waals surface area (Å²) in [6.45, 7) is 0. The second-order valence-electron chi connectivity index (χ2n) is 2.63. The summed E-state index contributed by atoms with van der Waals surface area (Å²) in [5.74, 6) is 0. The number of hydrogen-bond donors (Lipinski definition) is 0. The average Bonchev–Trinajstić information content (AvgIpc) is 1.62. The fraction of sp³-hybridized carbons (Fsp3) is 1.00. The maximum atomic E-state index is 2.44. The molecule has 1 saturated heterocycles. The van der Waals surface area contributed by atoms with E-state index in [0.29, 0.717) is 0 Å². The Labute approximate surface area is 52.9 Å². The van der Waals surface area contributed by atoms with Crippen LogP contribution >= 0.6 is 0 Å². The minimum absolute atomic E-state index is 1.38. The molecule has 0 aromatic heterocycles. The maximum absolute atomic E-state index is 2.44. The van der Waals surface area contributed by atoms with Crippen molar-refractivity contribution in [2.24, 2.45) is 0 Å². The Morgan fingerprint density at radius 1 is 0.625 bits per heavy atom. The molecule has 1 heterocycles. The summed E-state index contributed by atoms with van der Waals surface area (Å²) in [4.78, 5) is 0. The molecule has 0 spiro atoms. The number of hydrogen-bond acceptors (Lipinski definition) is 0. The first-order valence-electron chi connectivity index (χ1n) is 3.82. The lowest BCUT2D eigenvalue weighted by atomic mass is 9.67. The molecular weight excluding hydrogens is 94.9 g/mol. The lowest BCUT2D eigenvalue weighted by Crippen LogP contribution is -1.93. The van der Waals surface area contributed by atoms with Crippen molar-refractivity contribution in [1.82, 2.24) is 0 Å². The largest absolute Gasteiger partial charge is 0.109 e. The summed E-state index contributed by atoms with van der Waals surface area (Å²) in [6, 6.07) is 0. The molecule has 0 nitrogen and oxygen atoms in total. The van der Waals surface area contributed by atoms with E-state index >= 15 is 0 Å². The van der Waals surface area contributed by atoms with Crippen LogP contribution in [0.25, 0.3) is 0 Å². The van der Waals surface area contributed by atoms with Gasteiger partial charge in [-0.25, -0.2) is 0 Å². The van der Waals surface area contributed by atoms with Gasteiger partial charge in [0.05, 0.1) is 0 Å². The normalized spacial score (nSPS) is 23.0. The van der Waals surface area contributed by atoms with Crippen LogP contribution in [0.15, 0.2) is 0 Å². The lowest BCUT2D eigenvalue weighted by molar-refractivity contribution is 0.640. The first-order chi connectivity index (χ1) is 4.00. The van der Waals surface area contributed by atoms with Crippen molar-refractivity contribution in [2.45, 2.75) is 44.7 Å². The van der Waals surface area contributed by atoms with Gasteiger partial charge in [-0.2, -0.15) is 0 Å². The van der Waals surface area contributed by atoms with E-state index in [4.69, 9.17) is 0 Å². The van der Waals surface area contributed by atoms with E-state index in [2.05, 4.69) is 7.28 Å². The third-order valence-corrected chi connectivity index (χ3v) is 1.82. The zero-order valence-corrected chi connectivity index (χ0v) is 5.53. The molecule has 1 radical (unpaired) electrons. The quantitative estimate of drug-likeness (QED) is 0.419. The molecule has 1 aliphatic rings. The molecule has 45 valence electrons. The van der Waals surface area contributed by atoms with E-state index in [9.17, 15) is 0 Å². The average molecular weight is 109 g/mol. The Bertz CT molecular complexity index is 28.3. The monoisotopic (exact) mass is 109 g/mol. The Morgan fingerprint density at radius 2 is 1.12 bits per heavy atom. The van der Waals surface area contributed by atoms with Crippen molar-refractivity contribution in [1.29, 1.82) is 0 Å². The topological polar surface area (TPSA) is 0 Å². The van der Waals surface area contributed by atoms with Crippen LogP contribution in [-0.2, 0) is 0 Å². The van der Waals surface area contributed by atoms with Crippen molar-refractivity contribution in [3.8, 4) is 0 Å². The Hall–Kier alpha value is 0.0649. The van der Waals surface area contributed by atoms with Crippen molar-refractivity contribution >= 4 is 7.28 Å². The summed E-state index contributed by atoms with van der Waals surface area (Å²) < 4.78 is 0. The van der Waals surface area contributed by atoms with E-state index in [1.165, 1.54) is 44.7 Å². The number of rotatable bonds is 0. The zero-order chi connectivity index (χ0) is 5.66. The van der Waals surface area contributed by atoms with Gasteiger partial charge < -0.3 is 0 Å². The van der Waals surface area contributed by atoms with Crippen LogP contribution in [0.2, 0.25) is 12.6 Å². The molecule has 0 amide bonds. The second kappa shape index (κ2) is 4.00. The molecule has 1 aliphatic heterocycles. The van der Waals surface area contributed by atoms with Gasteiger partial charge in [-0.3, -0.25) is 0 Å². The van der Waals surface area contributed by atoms with Crippen LogP contribution in [-0.4, -0.2) is 7.28 Å². The Balaban J connectivity index is 2.00. The third-order valence-electron chi connectivity index (χ3n) is 1.82. The molecule has 0 bridgehead atoms. The van der Waals surface area contributed by atoms with Crippen molar-refractivity contribution in [3.63, 3.8) is 0 Å². The van der Waals surface area contributed by atoms with E-state index in [1.54, 1.807) is 0 Å². The summed E-state index contributed by atoms with van der Waals surface area (Å²) in [5, 5.41) is 0. The highest BCUT2D eigenvalue weighted by molar-refractivity contribution is 6.35. The highest BCUT2D eigenvalue weighted by Gasteiger charge is 1.97. The van der Waals surface area contributed by atoms with Gasteiger partial charge in [-0.05, 0) is 0 Å². The maximum Gasteiger partial charge on any atom is 0.109 e. The fourth-order valence-corrected chi connectivity index (χ4v) is 1.25. The molecule has 0 unspecified atom stereocenters. The minimum atomic E-state index is 1.38. The highest BCUT2D eigenvalue weighted by atomic mass is 13.9. The van der Waals surface area contributed by atoms with Crippen LogP contribution in [0.5, 0.6) is 0 Å². The summed E-state index contributed by atoms with van der Waals surface area (Å²) in [7, 11) is 2.44. The summed E-state index contributed by atoms with van der Waals surface area (Å²) in [5.41, 5.74) is 0. The van der Waals surface area contributed by atoms with Crippen LogP contribution in [0.1, 0.15) is 32.1 Å². The molecule has 0 aromatic rings. The molecule has 0 atom stereocenters. The molecule has 1 heteroatoms. The Kier molecular flexibility index (Phi) is 3.09. The van der Waals surface area contributed by atoms with Gasteiger partial charge >= 0.3 is 0 Å². The first kappa shape index (κ1) is 6.19. The predicted molar refractivity (Wildman–Crippen MR) is 38.5 cm³/mol. The van der Waals surface area contributed by atoms with Gasteiger partial charge in [0.15, 0.2) is 0 Å². The first-order valence-corrected chi connectivity index (χ1v) is 3.82. The van der Waals surface area contributed by atoms with Gasteiger partial charge in [-0.1, -0.05) is 44.7 Å². The molecule has 1 fully saturated rings. The molecule has 0 aromatic carbocycles. The standard InChI is InChI=1S/C7H14B/c1-2-4-6-8-7-5-3-1/h1-7H2. The van der Waals surface area contributed by atoms with Gasteiger partial charge in [-0.15, -0.1) is 0 Å². The van der Waals surface area contributed by atoms with Crippen molar-refractivity contribution in [2.75, 3.05) is 0 Å². The fourth-order valence-electron chi connectivity index (χ4n) is 1.25. The highest BCUT2D eigenvalue weighted by Crippen LogP contribution is 2.12. The van der Waals surface area contributed by atoms with E-state index in [1.807, 2.05) is 0 Å². The minimum Gasteiger partial charge on any atom is -0.0803 e. The SMILES string of the molecule is [B]1CCCCCCC1. The molecule has 0 aliphatic carbocycles. The van der Waals surface area contributed by atoms with Crippen LogP contribution < -0.4 is 0 Å². The summed E-state index contributed by atoms with van der Waals surface area (Å²) >= 11 is 0. The smallest absolute Gasteiger partial charge is 0.0803 e. The molecule has 1 rings (SSSR count). The van der Waals surface area contributed by atoms with Crippen molar-refractivity contribution < 1.29 is 0 Å². The molecular formula is C7H14B. The van der Waals surface area contributed by atoms with E-state index in [-0.39, 0.29) is 0 Å².